The fraction of sp³-hybridized carbons (Fsp3) is 0.850. The van der Waals surface area contributed by atoms with E-state index >= 15 is 0 Å². The summed E-state index contributed by atoms with van der Waals surface area (Å²) in [5, 5.41) is 10.9. The third-order valence-electron chi connectivity index (χ3n) is 8.41. The summed E-state index contributed by atoms with van der Waals surface area (Å²) < 4.78 is 0. The Bertz CT molecular complexity index is 550. The monoisotopic (exact) mass is 302 g/mol. The average molecular weight is 302 g/mol. The summed E-state index contributed by atoms with van der Waals surface area (Å²) in [6.07, 6.45) is 7.21. The first-order valence-corrected chi connectivity index (χ1v) is 9.17. The van der Waals surface area contributed by atoms with Crippen molar-refractivity contribution in [1.29, 1.82) is 0 Å². The van der Waals surface area contributed by atoms with Crippen molar-refractivity contribution in [3.05, 3.63) is 11.6 Å². The second-order valence-corrected chi connectivity index (χ2v) is 9.26. The normalized spacial score (nSPS) is 57.1. The minimum Gasteiger partial charge on any atom is -0.393 e. The summed E-state index contributed by atoms with van der Waals surface area (Å²) in [7, 11) is 0. The molecule has 0 aromatic heterocycles. The van der Waals surface area contributed by atoms with Gasteiger partial charge in [-0.3, -0.25) is 4.79 Å². The summed E-state index contributed by atoms with van der Waals surface area (Å²) in [6.45, 7) is 9.26. The maximum absolute atomic E-state index is 12.9. The van der Waals surface area contributed by atoms with Crippen molar-refractivity contribution in [2.45, 2.75) is 65.9 Å². The molecule has 1 N–H and O–H groups in total. The molecule has 0 saturated heterocycles. The number of carbonyl (C=O) groups excluding carboxylic acids is 1. The number of Topliss-reactive ketones (excluding diaryl/α,β-unsaturated/α-hetero) is 1. The molecule has 0 amide bonds. The van der Waals surface area contributed by atoms with Crippen molar-refractivity contribution in [3.8, 4) is 0 Å². The Morgan fingerprint density at radius 2 is 2.00 bits per heavy atom. The van der Waals surface area contributed by atoms with Gasteiger partial charge in [-0.05, 0) is 55.3 Å². The molecule has 3 saturated carbocycles. The van der Waals surface area contributed by atoms with Crippen molar-refractivity contribution in [1.82, 2.24) is 0 Å². The van der Waals surface area contributed by atoms with Gasteiger partial charge < -0.3 is 5.11 Å². The van der Waals surface area contributed by atoms with Crippen LogP contribution in [0.25, 0.3) is 0 Å². The van der Waals surface area contributed by atoms with Crippen LogP contribution in [0.2, 0.25) is 0 Å². The zero-order valence-electron chi connectivity index (χ0n) is 14.4. The largest absolute Gasteiger partial charge is 0.393 e. The lowest BCUT2D eigenvalue weighted by Crippen LogP contribution is -2.59. The van der Waals surface area contributed by atoms with Crippen LogP contribution in [0, 0.1) is 40.4 Å². The van der Waals surface area contributed by atoms with E-state index in [4.69, 9.17) is 0 Å². The number of aliphatic hydroxyl groups excluding tert-OH is 1. The smallest absolute Gasteiger partial charge is 0.140 e. The van der Waals surface area contributed by atoms with Gasteiger partial charge in [0.25, 0.3) is 0 Å². The highest BCUT2D eigenvalue weighted by Gasteiger charge is 2.68. The fourth-order valence-electron chi connectivity index (χ4n) is 7.29. The Balaban J connectivity index is 1.93. The molecule has 22 heavy (non-hydrogen) atoms. The maximum atomic E-state index is 12.9. The van der Waals surface area contributed by atoms with Gasteiger partial charge in [0.05, 0.1) is 6.10 Å². The fourth-order valence-corrected chi connectivity index (χ4v) is 7.29. The van der Waals surface area contributed by atoms with Crippen LogP contribution in [0.1, 0.15) is 59.8 Å². The molecule has 0 spiro atoms. The zero-order valence-corrected chi connectivity index (χ0v) is 14.4. The number of hydrogen-bond acceptors (Lipinski definition) is 2. The standard InChI is InChI=1S/C20H30O2/c1-11-5-7-13-9-16(22)19(3)10-15(21)17-12(2)6-8-14(11)20(13,4)18(17)19/h6,11,13-14,16-18,22H,5,7-10H2,1-4H3. The molecule has 8 atom stereocenters. The first-order chi connectivity index (χ1) is 10.3. The topological polar surface area (TPSA) is 37.3 Å². The van der Waals surface area contributed by atoms with Gasteiger partial charge in [-0.1, -0.05) is 38.8 Å². The molecular weight excluding hydrogens is 272 g/mol. The minimum atomic E-state index is -0.301. The molecular formula is C20H30O2. The number of hydrogen-bond donors (Lipinski definition) is 1. The summed E-state index contributed by atoms with van der Waals surface area (Å²) in [5.74, 6) is 2.80. The Kier molecular flexibility index (Phi) is 3.03. The van der Waals surface area contributed by atoms with Gasteiger partial charge >= 0.3 is 0 Å². The highest BCUT2D eigenvalue weighted by Crippen LogP contribution is 2.70. The van der Waals surface area contributed by atoms with Crippen LogP contribution in [-0.2, 0) is 4.79 Å². The van der Waals surface area contributed by atoms with Gasteiger partial charge in [0.1, 0.15) is 5.78 Å². The lowest BCUT2D eigenvalue weighted by molar-refractivity contribution is -0.176. The van der Waals surface area contributed by atoms with Crippen LogP contribution in [0.3, 0.4) is 0 Å². The quantitative estimate of drug-likeness (QED) is 0.687. The van der Waals surface area contributed by atoms with Gasteiger partial charge in [-0.25, -0.2) is 0 Å². The maximum Gasteiger partial charge on any atom is 0.140 e. The number of aliphatic hydroxyl groups is 1. The van der Waals surface area contributed by atoms with Crippen LogP contribution >= 0.6 is 0 Å². The molecule has 0 bridgehead atoms. The summed E-state index contributed by atoms with van der Waals surface area (Å²) in [5.41, 5.74) is 1.30. The van der Waals surface area contributed by atoms with Crippen molar-refractivity contribution in [3.63, 3.8) is 0 Å². The third kappa shape index (κ3) is 1.58. The first-order valence-electron chi connectivity index (χ1n) is 9.17. The van der Waals surface area contributed by atoms with E-state index in [1.165, 1.54) is 18.4 Å². The lowest BCUT2D eigenvalue weighted by Gasteiger charge is -2.62. The number of allylic oxidation sites excluding steroid dienone is 2. The summed E-state index contributed by atoms with van der Waals surface area (Å²) in [4.78, 5) is 12.9. The predicted molar refractivity (Wildman–Crippen MR) is 87.2 cm³/mol. The molecule has 0 aromatic carbocycles. The highest BCUT2D eigenvalue weighted by molar-refractivity contribution is 5.87. The zero-order chi connectivity index (χ0) is 15.9. The summed E-state index contributed by atoms with van der Waals surface area (Å²) >= 11 is 0. The van der Waals surface area contributed by atoms with Gasteiger partial charge in [-0.15, -0.1) is 0 Å². The van der Waals surface area contributed by atoms with Crippen LogP contribution in [0.4, 0.5) is 0 Å². The third-order valence-corrected chi connectivity index (χ3v) is 8.41. The van der Waals surface area contributed by atoms with E-state index in [2.05, 4.69) is 33.8 Å². The Labute approximate surface area is 134 Å². The van der Waals surface area contributed by atoms with Crippen molar-refractivity contribution < 1.29 is 9.90 Å². The molecule has 4 aliphatic rings. The van der Waals surface area contributed by atoms with Gasteiger partial charge in [0.15, 0.2) is 0 Å². The van der Waals surface area contributed by atoms with E-state index in [1.807, 2.05) is 0 Å². The highest BCUT2D eigenvalue weighted by atomic mass is 16.3. The van der Waals surface area contributed by atoms with Crippen molar-refractivity contribution in [2.24, 2.45) is 40.4 Å². The molecule has 122 valence electrons. The molecule has 3 fully saturated rings. The molecule has 4 aliphatic carbocycles. The summed E-state index contributed by atoms with van der Waals surface area (Å²) in [6, 6.07) is 0. The Morgan fingerprint density at radius 1 is 1.27 bits per heavy atom. The number of rotatable bonds is 0. The molecule has 2 nitrogen and oxygen atoms in total. The van der Waals surface area contributed by atoms with Crippen LogP contribution < -0.4 is 0 Å². The second kappa shape index (κ2) is 4.47. The van der Waals surface area contributed by atoms with Crippen LogP contribution in [-0.4, -0.2) is 17.0 Å². The first kappa shape index (κ1) is 14.9. The van der Waals surface area contributed by atoms with E-state index in [0.717, 1.165) is 18.8 Å². The van der Waals surface area contributed by atoms with E-state index in [0.29, 0.717) is 30.0 Å². The van der Waals surface area contributed by atoms with E-state index in [-0.39, 0.29) is 22.9 Å². The van der Waals surface area contributed by atoms with Crippen molar-refractivity contribution in [2.75, 3.05) is 0 Å². The molecule has 0 radical (unpaired) electrons. The SMILES string of the molecule is CC1=CCC2C(C)CCC3CC(O)C4(C)CC(=O)C1C4C32C. The average Bonchev–Trinajstić information content (AvgIpc) is 2.65. The predicted octanol–water partition coefficient (Wildman–Crippen LogP) is 3.98. The Morgan fingerprint density at radius 3 is 2.73 bits per heavy atom. The molecule has 8 unspecified atom stereocenters. The van der Waals surface area contributed by atoms with E-state index in [1.54, 1.807) is 0 Å². The molecule has 4 rings (SSSR count). The van der Waals surface area contributed by atoms with Gasteiger partial charge in [0.2, 0.25) is 0 Å². The second-order valence-electron chi connectivity index (χ2n) is 9.26. The van der Waals surface area contributed by atoms with E-state index in [9.17, 15) is 9.90 Å². The number of carbonyl (C=O) groups is 1. The molecule has 0 aromatic rings. The van der Waals surface area contributed by atoms with E-state index < -0.39 is 0 Å². The molecule has 2 heteroatoms. The molecule has 0 aliphatic heterocycles. The number of ketones is 1. The lowest BCUT2D eigenvalue weighted by atomic mass is 9.42. The Hall–Kier alpha value is -0.630. The van der Waals surface area contributed by atoms with Crippen molar-refractivity contribution >= 4 is 5.78 Å². The van der Waals surface area contributed by atoms with Crippen LogP contribution in [0.15, 0.2) is 11.6 Å². The molecule has 0 heterocycles. The minimum absolute atomic E-state index is 0.0720. The van der Waals surface area contributed by atoms with Crippen LogP contribution in [0.5, 0.6) is 0 Å². The van der Waals surface area contributed by atoms with Gasteiger partial charge in [-0.2, -0.15) is 0 Å². The van der Waals surface area contributed by atoms with Gasteiger partial charge in [0, 0.05) is 17.8 Å².